The summed E-state index contributed by atoms with van der Waals surface area (Å²) in [6.45, 7) is 7.70. The highest BCUT2D eigenvalue weighted by molar-refractivity contribution is 7.89. The Morgan fingerprint density at radius 3 is 2.25 bits per heavy atom. The van der Waals surface area contributed by atoms with Gasteiger partial charge in [0.05, 0.1) is 12.0 Å². The van der Waals surface area contributed by atoms with Gasteiger partial charge in [-0.15, -0.1) is 0 Å². The van der Waals surface area contributed by atoms with Crippen LogP contribution in [-0.4, -0.2) is 28.6 Å². The van der Waals surface area contributed by atoms with Crippen LogP contribution < -0.4 is 14.4 Å². The Morgan fingerprint density at radius 1 is 1.00 bits per heavy atom. The monoisotopic (exact) mass is 402 g/mol. The van der Waals surface area contributed by atoms with E-state index in [1.807, 2.05) is 26.0 Å². The lowest BCUT2D eigenvalue weighted by Crippen LogP contribution is -2.29. The smallest absolute Gasteiger partial charge is 0.241 e. The zero-order valence-electron chi connectivity index (χ0n) is 17.2. The first kappa shape index (κ1) is 20.7. The molecule has 3 rings (SSSR count). The highest BCUT2D eigenvalue weighted by atomic mass is 32.2. The fourth-order valence-corrected chi connectivity index (χ4v) is 5.31. The van der Waals surface area contributed by atoms with Gasteiger partial charge in [0.1, 0.15) is 5.75 Å². The Hall–Kier alpha value is -2.05. The summed E-state index contributed by atoms with van der Waals surface area (Å²) in [6, 6.07) is 11.3. The Labute approximate surface area is 168 Å². The van der Waals surface area contributed by atoms with E-state index in [-0.39, 0.29) is 6.04 Å². The van der Waals surface area contributed by atoms with Crippen molar-refractivity contribution in [3.63, 3.8) is 0 Å². The number of benzene rings is 2. The van der Waals surface area contributed by atoms with E-state index in [0.717, 1.165) is 24.2 Å². The van der Waals surface area contributed by atoms with Crippen LogP contribution in [0.4, 0.5) is 5.69 Å². The number of anilines is 1. The van der Waals surface area contributed by atoms with Gasteiger partial charge in [-0.2, -0.15) is 0 Å². The number of hydrogen-bond acceptors (Lipinski definition) is 4. The summed E-state index contributed by atoms with van der Waals surface area (Å²) in [5.41, 5.74) is 3.63. The minimum absolute atomic E-state index is 0.294. The lowest BCUT2D eigenvalue weighted by molar-refractivity contribution is 0.411. The fraction of sp³-hybridized carbons (Fsp3) is 0.455. The average Bonchev–Trinajstić information content (AvgIpc) is 2.69. The first-order chi connectivity index (χ1) is 13.3. The molecule has 1 fully saturated rings. The largest absolute Gasteiger partial charge is 0.496 e. The maximum absolute atomic E-state index is 12.9. The Kier molecular flexibility index (Phi) is 6.30. The maximum Gasteiger partial charge on any atom is 0.241 e. The topological polar surface area (TPSA) is 58.6 Å². The molecule has 152 valence electrons. The van der Waals surface area contributed by atoms with E-state index in [4.69, 9.17) is 4.74 Å². The molecule has 2 aromatic carbocycles. The van der Waals surface area contributed by atoms with Crippen molar-refractivity contribution in [2.75, 3.05) is 25.1 Å². The minimum atomic E-state index is -3.63. The van der Waals surface area contributed by atoms with Crippen LogP contribution >= 0.6 is 0 Å². The molecular formula is C22H30N2O3S. The Morgan fingerprint density at radius 2 is 1.64 bits per heavy atom. The molecule has 0 aromatic heterocycles. The molecule has 6 heteroatoms. The second-order valence-electron chi connectivity index (χ2n) is 7.57. The zero-order chi connectivity index (χ0) is 20.3. The molecule has 1 N–H and O–H groups in total. The standard InChI is InChI=1S/C22H30N2O3S/c1-16-15-22(17(2)14-21(16)27-4)28(25,26)23-18(3)19-8-10-20(11-9-19)24-12-6-5-7-13-24/h8-11,14-15,18,23H,5-7,12-13H2,1-4H3/t18-/m0/s1. The van der Waals surface area contributed by atoms with Gasteiger partial charge in [-0.25, -0.2) is 13.1 Å². The van der Waals surface area contributed by atoms with E-state index in [1.165, 1.54) is 24.9 Å². The van der Waals surface area contributed by atoms with E-state index in [2.05, 4.69) is 21.8 Å². The van der Waals surface area contributed by atoms with E-state index in [9.17, 15) is 8.42 Å². The van der Waals surface area contributed by atoms with Crippen LogP contribution in [0.15, 0.2) is 41.3 Å². The molecule has 0 unspecified atom stereocenters. The van der Waals surface area contributed by atoms with Crippen LogP contribution in [0.2, 0.25) is 0 Å². The van der Waals surface area contributed by atoms with Crippen molar-refractivity contribution in [3.8, 4) is 5.75 Å². The predicted molar refractivity (Wildman–Crippen MR) is 114 cm³/mol. The second kappa shape index (κ2) is 8.53. The van der Waals surface area contributed by atoms with Crippen LogP contribution in [0, 0.1) is 13.8 Å². The van der Waals surface area contributed by atoms with Crippen molar-refractivity contribution in [3.05, 3.63) is 53.1 Å². The number of ether oxygens (including phenoxy) is 1. The third-order valence-electron chi connectivity index (χ3n) is 5.43. The average molecular weight is 403 g/mol. The Bertz CT molecular complexity index is 918. The molecule has 0 spiro atoms. The first-order valence-corrected chi connectivity index (χ1v) is 11.3. The molecule has 5 nitrogen and oxygen atoms in total. The molecule has 0 amide bonds. The summed E-state index contributed by atoms with van der Waals surface area (Å²) in [5, 5.41) is 0. The molecular weight excluding hydrogens is 372 g/mol. The fourth-order valence-electron chi connectivity index (χ4n) is 3.76. The van der Waals surface area contributed by atoms with Gasteiger partial charge in [-0.3, -0.25) is 0 Å². The van der Waals surface area contributed by atoms with Crippen molar-refractivity contribution in [1.29, 1.82) is 0 Å². The third-order valence-corrected chi connectivity index (χ3v) is 7.11. The van der Waals surface area contributed by atoms with Gasteiger partial charge in [0, 0.05) is 24.8 Å². The molecule has 0 aliphatic carbocycles. The number of hydrogen-bond donors (Lipinski definition) is 1. The quantitative estimate of drug-likeness (QED) is 0.781. The SMILES string of the molecule is COc1cc(C)c(S(=O)(=O)N[C@@H](C)c2ccc(N3CCCCC3)cc2)cc1C. The normalized spacial score (nSPS) is 16.1. The van der Waals surface area contributed by atoms with Gasteiger partial charge in [-0.05, 0) is 81.0 Å². The van der Waals surface area contributed by atoms with Crippen molar-refractivity contribution in [2.24, 2.45) is 0 Å². The molecule has 1 saturated heterocycles. The van der Waals surface area contributed by atoms with Crippen LogP contribution in [0.5, 0.6) is 5.75 Å². The molecule has 28 heavy (non-hydrogen) atoms. The number of methoxy groups -OCH3 is 1. The van der Waals surface area contributed by atoms with E-state index < -0.39 is 10.0 Å². The molecule has 0 saturated carbocycles. The number of piperidine rings is 1. The van der Waals surface area contributed by atoms with Gasteiger partial charge < -0.3 is 9.64 Å². The Balaban J connectivity index is 1.76. The van der Waals surface area contributed by atoms with E-state index in [0.29, 0.717) is 16.2 Å². The third kappa shape index (κ3) is 4.50. The number of nitrogens with one attached hydrogen (secondary N) is 1. The van der Waals surface area contributed by atoms with Crippen molar-refractivity contribution in [2.45, 2.75) is 51.0 Å². The number of rotatable bonds is 6. The maximum atomic E-state index is 12.9. The number of aryl methyl sites for hydroxylation is 2. The van der Waals surface area contributed by atoms with Crippen molar-refractivity contribution < 1.29 is 13.2 Å². The number of sulfonamides is 1. The van der Waals surface area contributed by atoms with Gasteiger partial charge in [-0.1, -0.05) is 12.1 Å². The van der Waals surface area contributed by atoms with Crippen LogP contribution in [0.1, 0.15) is 48.9 Å². The van der Waals surface area contributed by atoms with E-state index >= 15 is 0 Å². The summed E-state index contributed by atoms with van der Waals surface area (Å²) >= 11 is 0. The molecule has 1 heterocycles. The lowest BCUT2D eigenvalue weighted by atomic mass is 10.1. The highest BCUT2D eigenvalue weighted by Gasteiger charge is 2.22. The molecule has 0 radical (unpaired) electrons. The second-order valence-corrected chi connectivity index (χ2v) is 9.25. The predicted octanol–water partition coefficient (Wildman–Crippen LogP) is 4.34. The van der Waals surface area contributed by atoms with Gasteiger partial charge in [0.25, 0.3) is 0 Å². The van der Waals surface area contributed by atoms with Gasteiger partial charge in [0.2, 0.25) is 10.0 Å². The molecule has 2 aromatic rings. The van der Waals surface area contributed by atoms with E-state index in [1.54, 1.807) is 26.2 Å². The van der Waals surface area contributed by atoms with Gasteiger partial charge in [0.15, 0.2) is 0 Å². The molecule has 1 aliphatic heterocycles. The van der Waals surface area contributed by atoms with Crippen molar-refractivity contribution >= 4 is 15.7 Å². The summed E-state index contributed by atoms with van der Waals surface area (Å²) in [6.07, 6.45) is 3.77. The summed E-state index contributed by atoms with van der Waals surface area (Å²) in [4.78, 5) is 2.69. The lowest BCUT2D eigenvalue weighted by Gasteiger charge is -2.29. The molecule has 1 atom stereocenters. The minimum Gasteiger partial charge on any atom is -0.496 e. The molecule has 1 aliphatic rings. The van der Waals surface area contributed by atoms with Crippen molar-refractivity contribution in [1.82, 2.24) is 4.72 Å². The summed E-state index contributed by atoms with van der Waals surface area (Å²) in [5.74, 6) is 0.692. The van der Waals surface area contributed by atoms with Crippen LogP contribution in [-0.2, 0) is 10.0 Å². The first-order valence-electron chi connectivity index (χ1n) is 9.84. The van der Waals surface area contributed by atoms with Gasteiger partial charge >= 0.3 is 0 Å². The summed E-state index contributed by atoms with van der Waals surface area (Å²) < 4.78 is 34.0. The number of nitrogens with zero attached hydrogens (tertiary/aromatic N) is 1. The highest BCUT2D eigenvalue weighted by Crippen LogP contribution is 2.27. The van der Waals surface area contributed by atoms with Crippen LogP contribution in [0.3, 0.4) is 0 Å². The molecule has 0 bridgehead atoms. The zero-order valence-corrected chi connectivity index (χ0v) is 18.0. The summed E-state index contributed by atoms with van der Waals surface area (Å²) in [7, 11) is -2.05. The van der Waals surface area contributed by atoms with Crippen LogP contribution in [0.25, 0.3) is 0 Å².